The highest BCUT2D eigenvalue weighted by Gasteiger charge is 2.23. The molecule has 0 saturated heterocycles. The summed E-state index contributed by atoms with van der Waals surface area (Å²) in [4.78, 5) is 31.4. The van der Waals surface area contributed by atoms with Crippen molar-refractivity contribution in [2.75, 3.05) is 24.7 Å². The molecule has 1 aromatic heterocycles. The van der Waals surface area contributed by atoms with Gasteiger partial charge in [-0.15, -0.1) is 11.3 Å². The molecule has 2 aromatic rings. The highest BCUT2D eigenvalue weighted by molar-refractivity contribution is 7.09. The predicted molar refractivity (Wildman–Crippen MR) is 109 cm³/mol. The average molecular weight is 387 g/mol. The standard InChI is InChI=1S/C20H26N4O2S/c1-13-15(22-19(25)14-7-4-5-8-14)9-6-10-16(13)23-20(26)17-12-27-18(21-17)11-24(2)3/h6,9-10,12,14H,4-5,7-8,11H2,1-3H3,(H,22,25)(H,23,26). The normalized spacial score (nSPS) is 14.5. The Bertz CT molecular complexity index is 825. The van der Waals surface area contributed by atoms with Gasteiger partial charge in [0.15, 0.2) is 0 Å². The number of amides is 2. The fraction of sp³-hybridized carbons (Fsp3) is 0.450. The average Bonchev–Trinajstić information content (AvgIpc) is 3.29. The van der Waals surface area contributed by atoms with Crippen LogP contribution >= 0.6 is 11.3 Å². The van der Waals surface area contributed by atoms with Crippen molar-refractivity contribution in [2.45, 2.75) is 39.2 Å². The van der Waals surface area contributed by atoms with Crippen LogP contribution in [-0.2, 0) is 11.3 Å². The second-order valence-corrected chi connectivity index (χ2v) is 8.21. The first-order valence-corrected chi connectivity index (χ1v) is 10.1. The fourth-order valence-corrected chi connectivity index (χ4v) is 4.17. The van der Waals surface area contributed by atoms with Crippen LogP contribution < -0.4 is 10.6 Å². The van der Waals surface area contributed by atoms with Gasteiger partial charge < -0.3 is 15.5 Å². The lowest BCUT2D eigenvalue weighted by Crippen LogP contribution is -2.21. The van der Waals surface area contributed by atoms with E-state index in [0.29, 0.717) is 17.9 Å². The number of nitrogens with one attached hydrogen (secondary N) is 2. The van der Waals surface area contributed by atoms with Crippen molar-refractivity contribution >= 4 is 34.5 Å². The van der Waals surface area contributed by atoms with Crippen molar-refractivity contribution in [1.82, 2.24) is 9.88 Å². The van der Waals surface area contributed by atoms with Gasteiger partial charge in [-0.2, -0.15) is 0 Å². The Morgan fingerprint density at radius 3 is 2.52 bits per heavy atom. The maximum Gasteiger partial charge on any atom is 0.275 e. The molecule has 2 amide bonds. The summed E-state index contributed by atoms with van der Waals surface area (Å²) in [7, 11) is 3.94. The van der Waals surface area contributed by atoms with Crippen LogP contribution in [0.3, 0.4) is 0 Å². The zero-order valence-electron chi connectivity index (χ0n) is 16.0. The Labute approximate surface area is 164 Å². The van der Waals surface area contributed by atoms with Crippen LogP contribution in [0.5, 0.6) is 0 Å². The van der Waals surface area contributed by atoms with E-state index in [2.05, 4.69) is 15.6 Å². The van der Waals surface area contributed by atoms with E-state index in [9.17, 15) is 9.59 Å². The van der Waals surface area contributed by atoms with Crippen LogP contribution in [0.25, 0.3) is 0 Å². The minimum Gasteiger partial charge on any atom is -0.326 e. The molecular weight excluding hydrogens is 360 g/mol. The van der Waals surface area contributed by atoms with Gasteiger partial charge in [0.1, 0.15) is 10.7 Å². The highest BCUT2D eigenvalue weighted by Crippen LogP contribution is 2.28. The molecule has 0 bridgehead atoms. The van der Waals surface area contributed by atoms with Gasteiger partial charge in [0.2, 0.25) is 5.91 Å². The summed E-state index contributed by atoms with van der Waals surface area (Å²) >= 11 is 1.48. The quantitative estimate of drug-likeness (QED) is 0.790. The minimum atomic E-state index is -0.237. The van der Waals surface area contributed by atoms with Crippen molar-refractivity contribution in [2.24, 2.45) is 5.92 Å². The molecule has 0 unspecified atom stereocenters. The van der Waals surface area contributed by atoms with Crippen LogP contribution in [-0.4, -0.2) is 35.8 Å². The van der Waals surface area contributed by atoms with Crippen LogP contribution in [0.1, 0.15) is 46.7 Å². The molecule has 1 aliphatic rings. The zero-order valence-corrected chi connectivity index (χ0v) is 16.9. The van der Waals surface area contributed by atoms with Crippen molar-refractivity contribution < 1.29 is 9.59 Å². The molecule has 7 heteroatoms. The van der Waals surface area contributed by atoms with Gasteiger partial charge in [-0.25, -0.2) is 4.98 Å². The molecule has 0 radical (unpaired) electrons. The zero-order chi connectivity index (χ0) is 19.4. The number of aromatic nitrogens is 1. The Hall–Kier alpha value is -2.25. The van der Waals surface area contributed by atoms with E-state index in [1.807, 2.05) is 44.1 Å². The van der Waals surface area contributed by atoms with E-state index in [1.165, 1.54) is 11.3 Å². The van der Waals surface area contributed by atoms with Gasteiger partial charge >= 0.3 is 0 Å². The number of thiazole rings is 1. The van der Waals surface area contributed by atoms with Gasteiger partial charge in [0.25, 0.3) is 5.91 Å². The van der Waals surface area contributed by atoms with E-state index < -0.39 is 0 Å². The lowest BCUT2D eigenvalue weighted by atomic mass is 10.1. The summed E-state index contributed by atoms with van der Waals surface area (Å²) in [5, 5.41) is 8.61. The first-order valence-electron chi connectivity index (χ1n) is 9.25. The van der Waals surface area contributed by atoms with Gasteiger partial charge in [-0.1, -0.05) is 18.9 Å². The number of hydrogen-bond donors (Lipinski definition) is 2. The van der Waals surface area contributed by atoms with Crippen molar-refractivity contribution in [3.63, 3.8) is 0 Å². The molecule has 27 heavy (non-hydrogen) atoms. The fourth-order valence-electron chi connectivity index (χ4n) is 3.27. The third-order valence-electron chi connectivity index (χ3n) is 4.80. The molecule has 1 heterocycles. The van der Waals surface area contributed by atoms with Crippen molar-refractivity contribution in [1.29, 1.82) is 0 Å². The second kappa shape index (κ2) is 8.63. The number of carbonyl (C=O) groups excluding carboxylic acids is 2. The van der Waals surface area contributed by atoms with Crippen LogP contribution in [0.4, 0.5) is 11.4 Å². The molecule has 1 saturated carbocycles. The largest absolute Gasteiger partial charge is 0.326 e. The van der Waals surface area contributed by atoms with E-state index >= 15 is 0 Å². The molecule has 1 aliphatic carbocycles. The van der Waals surface area contributed by atoms with Crippen LogP contribution in [0.15, 0.2) is 23.6 Å². The van der Waals surface area contributed by atoms with Crippen LogP contribution in [0, 0.1) is 12.8 Å². The maximum absolute atomic E-state index is 12.5. The molecule has 1 fully saturated rings. The predicted octanol–water partition coefficient (Wildman–Crippen LogP) is 3.89. The third kappa shape index (κ3) is 4.93. The number of hydrogen-bond acceptors (Lipinski definition) is 5. The molecule has 0 atom stereocenters. The minimum absolute atomic E-state index is 0.0758. The number of rotatable bonds is 6. The Balaban J connectivity index is 1.68. The maximum atomic E-state index is 12.5. The van der Waals surface area contributed by atoms with E-state index in [0.717, 1.165) is 41.9 Å². The van der Waals surface area contributed by atoms with E-state index in [1.54, 1.807) is 5.38 Å². The van der Waals surface area contributed by atoms with Crippen molar-refractivity contribution in [3.05, 3.63) is 39.8 Å². The first kappa shape index (κ1) is 19.5. The van der Waals surface area contributed by atoms with E-state index in [4.69, 9.17) is 0 Å². The van der Waals surface area contributed by atoms with Gasteiger partial charge in [0.05, 0.1) is 0 Å². The summed E-state index contributed by atoms with van der Waals surface area (Å²) in [5.41, 5.74) is 2.69. The molecule has 0 aliphatic heterocycles. The number of anilines is 2. The smallest absolute Gasteiger partial charge is 0.275 e. The molecule has 1 aromatic carbocycles. The lowest BCUT2D eigenvalue weighted by molar-refractivity contribution is -0.119. The number of carbonyl (C=O) groups is 2. The van der Waals surface area contributed by atoms with Gasteiger partial charge in [-0.3, -0.25) is 9.59 Å². The van der Waals surface area contributed by atoms with Gasteiger partial charge in [0, 0.05) is 29.2 Å². The summed E-state index contributed by atoms with van der Waals surface area (Å²) in [6, 6.07) is 5.55. The van der Waals surface area contributed by atoms with E-state index in [-0.39, 0.29) is 17.7 Å². The number of benzene rings is 1. The lowest BCUT2D eigenvalue weighted by Gasteiger charge is -2.15. The van der Waals surface area contributed by atoms with Crippen LogP contribution in [0.2, 0.25) is 0 Å². The third-order valence-corrected chi connectivity index (χ3v) is 5.64. The number of nitrogens with zero attached hydrogens (tertiary/aromatic N) is 2. The molecule has 0 spiro atoms. The molecule has 6 nitrogen and oxygen atoms in total. The summed E-state index contributed by atoms with van der Waals surface area (Å²) in [5.74, 6) is -0.0571. The Morgan fingerprint density at radius 1 is 1.19 bits per heavy atom. The second-order valence-electron chi connectivity index (χ2n) is 7.27. The molecule has 3 rings (SSSR count). The first-order chi connectivity index (χ1) is 12.9. The molecular formula is C20H26N4O2S. The Kier molecular flexibility index (Phi) is 6.23. The van der Waals surface area contributed by atoms with Gasteiger partial charge in [-0.05, 0) is 51.6 Å². The summed E-state index contributed by atoms with van der Waals surface area (Å²) in [6.07, 6.45) is 4.16. The molecule has 144 valence electrons. The Morgan fingerprint density at radius 2 is 1.85 bits per heavy atom. The van der Waals surface area contributed by atoms with Crippen molar-refractivity contribution in [3.8, 4) is 0 Å². The summed E-state index contributed by atoms with van der Waals surface area (Å²) in [6.45, 7) is 2.61. The highest BCUT2D eigenvalue weighted by atomic mass is 32.1. The SMILES string of the molecule is Cc1c(NC(=O)c2csc(CN(C)C)n2)cccc1NC(=O)C1CCCC1. The topological polar surface area (TPSA) is 74.3 Å². The molecule has 2 N–H and O–H groups in total. The summed E-state index contributed by atoms with van der Waals surface area (Å²) < 4.78 is 0. The monoisotopic (exact) mass is 386 g/mol.